The molecule has 2 rings (SSSR count). The van der Waals surface area contributed by atoms with Crippen LogP contribution in [0.1, 0.15) is 5.56 Å². The van der Waals surface area contributed by atoms with E-state index in [2.05, 4.69) is 10.6 Å². The van der Waals surface area contributed by atoms with E-state index in [0.717, 1.165) is 6.07 Å². The van der Waals surface area contributed by atoms with Crippen LogP contribution in [-0.2, 0) is 16.0 Å². The van der Waals surface area contributed by atoms with Gasteiger partial charge in [0.2, 0.25) is 11.8 Å². The summed E-state index contributed by atoms with van der Waals surface area (Å²) in [6.07, 6.45) is 0.0317. The van der Waals surface area contributed by atoms with E-state index >= 15 is 0 Å². The molecule has 2 aromatic rings. The second-order valence-electron chi connectivity index (χ2n) is 4.85. The van der Waals surface area contributed by atoms with Crippen molar-refractivity contribution in [2.24, 2.45) is 0 Å². The molecule has 4 nitrogen and oxygen atoms in total. The summed E-state index contributed by atoms with van der Waals surface area (Å²) in [6.45, 7) is -0.440. The Kier molecular flexibility index (Phi) is 5.81. The Labute approximate surface area is 140 Å². The molecule has 24 heavy (non-hydrogen) atoms. The fraction of sp³-hybridized carbons (Fsp3) is 0.125. The quantitative estimate of drug-likeness (QED) is 0.809. The molecule has 0 spiro atoms. The van der Waals surface area contributed by atoms with Gasteiger partial charge in [-0.05, 0) is 29.8 Å². The predicted octanol–water partition coefficient (Wildman–Crippen LogP) is 3.05. The summed E-state index contributed by atoms with van der Waals surface area (Å²) in [6, 6.07) is 8.16. The van der Waals surface area contributed by atoms with Gasteiger partial charge < -0.3 is 10.6 Å². The molecule has 0 saturated heterocycles. The van der Waals surface area contributed by atoms with E-state index in [0.29, 0.717) is 16.7 Å². The topological polar surface area (TPSA) is 58.2 Å². The molecule has 0 saturated carbocycles. The van der Waals surface area contributed by atoms with E-state index in [1.165, 1.54) is 0 Å². The van der Waals surface area contributed by atoms with Crippen LogP contribution in [0.5, 0.6) is 0 Å². The zero-order chi connectivity index (χ0) is 17.7. The van der Waals surface area contributed by atoms with Crippen molar-refractivity contribution in [1.82, 2.24) is 5.32 Å². The van der Waals surface area contributed by atoms with Gasteiger partial charge in [-0.25, -0.2) is 13.2 Å². The third-order valence-electron chi connectivity index (χ3n) is 3.03. The molecule has 0 bridgehead atoms. The van der Waals surface area contributed by atoms with Crippen LogP contribution >= 0.6 is 11.6 Å². The molecular formula is C16H12ClF3N2O2. The van der Waals surface area contributed by atoms with Crippen LogP contribution in [-0.4, -0.2) is 18.4 Å². The maximum absolute atomic E-state index is 13.4. The number of amides is 2. The first kappa shape index (κ1) is 17.8. The van der Waals surface area contributed by atoms with Crippen LogP contribution in [0.15, 0.2) is 36.4 Å². The highest BCUT2D eigenvalue weighted by atomic mass is 35.5. The van der Waals surface area contributed by atoms with Crippen molar-refractivity contribution in [3.8, 4) is 0 Å². The smallest absolute Gasteiger partial charge is 0.243 e. The summed E-state index contributed by atoms with van der Waals surface area (Å²) in [7, 11) is 0. The lowest BCUT2D eigenvalue weighted by atomic mass is 10.1. The number of anilines is 1. The van der Waals surface area contributed by atoms with Crippen molar-refractivity contribution < 1.29 is 22.8 Å². The van der Waals surface area contributed by atoms with Crippen LogP contribution in [0.25, 0.3) is 0 Å². The van der Waals surface area contributed by atoms with E-state index in [1.54, 1.807) is 24.3 Å². The molecule has 0 heterocycles. The summed E-state index contributed by atoms with van der Waals surface area (Å²) < 4.78 is 39.2. The molecule has 2 amide bonds. The van der Waals surface area contributed by atoms with E-state index in [9.17, 15) is 22.8 Å². The van der Waals surface area contributed by atoms with Gasteiger partial charge in [-0.15, -0.1) is 0 Å². The molecule has 2 N–H and O–H groups in total. The third kappa shape index (κ3) is 4.73. The standard InChI is InChI=1S/C16H12ClF3N2O2/c17-10-3-1-9(2-4-10)7-13(23)21-8-14(24)22-12-6-5-11(18)15(19)16(12)20/h1-6H,7-8H2,(H,21,23)(H,22,24). The molecule has 2 aromatic carbocycles. The summed E-state index contributed by atoms with van der Waals surface area (Å²) in [5.74, 6) is -5.75. The highest BCUT2D eigenvalue weighted by Crippen LogP contribution is 2.19. The Balaban J connectivity index is 1.86. The number of hydrogen-bond donors (Lipinski definition) is 2. The maximum atomic E-state index is 13.4. The van der Waals surface area contributed by atoms with Crippen LogP contribution in [0.2, 0.25) is 5.02 Å². The number of hydrogen-bond acceptors (Lipinski definition) is 2. The molecule has 0 aliphatic rings. The van der Waals surface area contributed by atoms with E-state index in [1.807, 2.05) is 0 Å². The monoisotopic (exact) mass is 356 g/mol. The lowest BCUT2D eigenvalue weighted by molar-refractivity contribution is -0.123. The van der Waals surface area contributed by atoms with E-state index in [4.69, 9.17) is 11.6 Å². The first-order valence-corrected chi connectivity index (χ1v) is 7.19. The van der Waals surface area contributed by atoms with Gasteiger partial charge in [-0.3, -0.25) is 9.59 Å². The normalized spacial score (nSPS) is 10.3. The van der Waals surface area contributed by atoms with Crippen molar-refractivity contribution in [1.29, 1.82) is 0 Å². The highest BCUT2D eigenvalue weighted by molar-refractivity contribution is 6.30. The Morgan fingerprint density at radius 1 is 0.917 bits per heavy atom. The van der Waals surface area contributed by atoms with Gasteiger partial charge >= 0.3 is 0 Å². The van der Waals surface area contributed by atoms with Crippen molar-refractivity contribution in [2.75, 3.05) is 11.9 Å². The highest BCUT2D eigenvalue weighted by Gasteiger charge is 2.15. The molecule has 0 fully saturated rings. The average molecular weight is 357 g/mol. The largest absolute Gasteiger partial charge is 0.347 e. The minimum absolute atomic E-state index is 0.0317. The number of benzene rings is 2. The SMILES string of the molecule is O=C(Cc1ccc(Cl)cc1)NCC(=O)Nc1ccc(F)c(F)c1F. The molecule has 0 aromatic heterocycles. The van der Waals surface area contributed by atoms with Gasteiger partial charge in [0.1, 0.15) is 0 Å². The van der Waals surface area contributed by atoms with Gasteiger partial charge in [0, 0.05) is 5.02 Å². The zero-order valence-corrected chi connectivity index (χ0v) is 13.0. The molecule has 126 valence electrons. The van der Waals surface area contributed by atoms with Crippen molar-refractivity contribution in [2.45, 2.75) is 6.42 Å². The zero-order valence-electron chi connectivity index (χ0n) is 12.2. The molecule has 0 unspecified atom stereocenters. The summed E-state index contributed by atoms with van der Waals surface area (Å²) in [5.41, 5.74) is 0.190. The van der Waals surface area contributed by atoms with Crippen molar-refractivity contribution in [3.05, 3.63) is 64.4 Å². The lowest BCUT2D eigenvalue weighted by Crippen LogP contribution is -2.34. The van der Waals surface area contributed by atoms with Gasteiger partial charge in [0.15, 0.2) is 17.5 Å². The molecule has 8 heteroatoms. The van der Waals surface area contributed by atoms with Gasteiger partial charge in [0.25, 0.3) is 0 Å². The summed E-state index contributed by atoms with van der Waals surface area (Å²) >= 11 is 5.73. The molecule has 0 aliphatic carbocycles. The summed E-state index contributed by atoms with van der Waals surface area (Å²) in [4.78, 5) is 23.3. The second kappa shape index (κ2) is 7.83. The van der Waals surface area contributed by atoms with Crippen LogP contribution in [0.4, 0.5) is 18.9 Å². The first-order chi connectivity index (χ1) is 11.4. The first-order valence-electron chi connectivity index (χ1n) is 6.81. The lowest BCUT2D eigenvalue weighted by Gasteiger charge is -2.08. The maximum Gasteiger partial charge on any atom is 0.243 e. The Morgan fingerprint density at radius 3 is 2.25 bits per heavy atom. The molecule has 0 radical (unpaired) electrons. The fourth-order valence-electron chi connectivity index (χ4n) is 1.85. The van der Waals surface area contributed by atoms with Crippen LogP contribution in [0.3, 0.4) is 0 Å². The average Bonchev–Trinajstić information content (AvgIpc) is 2.56. The number of rotatable bonds is 5. The Hall–Kier alpha value is -2.54. The summed E-state index contributed by atoms with van der Waals surface area (Å²) in [5, 5.41) is 4.92. The van der Waals surface area contributed by atoms with Gasteiger partial charge in [0.05, 0.1) is 18.7 Å². The third-order valence-corrected chi connectivity index (χ3v) is 3.29. The molecular weight excluding hydrogens is 345 g/mol. The van der Waals surface area contributed by atoms with Gasteiger partial charge in [-0.2, -0.15) is 0 Å². The fourth-order valence-corrected chi connectivity index (χ4v) is 1.97. The Morgan fingerprint density at radius 2 is 1.58 bits per heavy atom. The number of halogens is 4. The van der Waals surface area contributed by atoms with Crippen molar-refractivity contribution >= 4 is 29.1 Å². The van der Waals surface area contributed by atoms with Gasteiger partial charge in [-0.1, -0.05) is 23.7 Å². The molecule has 0 atom stereocenters. The minimum Gasteiger partial charge on any atom is -0.347 e. The Bertz CT molecular complexity index is 767. The molecule has 0 aliphatic heterocycles. The number of carbonyl (C=O) groups excluding carboxylic acids is 2. The minimum atomic E-state index is -1.68. The van der Waals surface area contributed by atoms with Crippen molar-refractivity contribution in [3.63, 3.8) is 0 Å². The van der Waals surface area contributed by atoms with Crippen LogP contribution in [0, 0.1) is 17.5 Å². The second-order valence-corrected chi connectivity index (χ2v) is 5.29. The number of nitrogens with one attached hydrogen (secondary N) is 2. The predicted molar refractivity (Wildman–Crippen MR) is 83.1 cm³/mol. The van der Waals surface area contributed by atoms with E-state index < -0.39 is 41.5 Å². The number of carbonyl (C=O) groups is 2. The van der Waals surface area contributed by atoms with Crippen LogP contribution < -0.4 is 10.6 Å². The van der Waals surface area contributed by atoms with E-state index in [-0.39, 0.29) is 6.42 Å².